The maximum atomic E-state index is 11.7. The average Bonchev–Trinajstić information content (AvgIpc) is 2.80. The van der Waals surface area contributed by atoms with E-state index in [1.807, 2.05) is 0 Å². The van der Waals surface area contributed by atoms with Crippen LogP contribution in [0.5, 0.6) is 0 Å². The Morgan fingerprint density at radius 1 is 0.943 bits per heavy atom. The SMILES string of the molecule is O=COCC(CC(=O)O)Cc1cc(C(=O)O)cc(-c2cccc(CN(COC=O)CC(=O)O)n2)n1. The van der Waals surface area contributed by atoms with Crippen molar-refractivity contribution in [2.24, 2.45) is 5.92 Å². The lowest BCUT2D eigenvalue weighted by Gasteiger charge is -2.18. The first-order chi connectivity index (χ1) is 16.7. The molecule has 0 aliphatic heterocycles. The fourth-order valence-corrected chi connectivity index (χ4v) is 3.27. The van der Waals surface area contributed by atoms with Crippen LogP contribution in [0, 0.1) is 5.92 Å². The molecular weight excluding hydrogens is 466 g/mol. The van der Waals surface area contributed by atoms with E-state index >= 15 is 0 Å². The zero-order valence-corrected chi connectivity index (χ0v) is 18.4. The minimum absolute atomic E-state index is 0.0170. The second-order valence-corrected chi connectivity index (χ2v) is 7.42. The van der Waals surface area contributed by atoms with Gasteiger partial charge in [0.2, 0.25) is 0 Å². The number of rotatable bonds is 16. The molecule has 3 N–H and O–H groups in total. The summed E-state index contributed by atoms with van der Waals surface area (Å²) >= 11 is 0. The predicted octanol–water partition coefficient (Wildman–Crippen LogP) is 0.665. The number of carbonyl (C=O) groups excluding carboxylic acids is 2. The molecule has 2 rings (SSSR count). The number of hydrogen-bond donors (Lipinski definition) is 3. The number of aliphatic carboxylic acids is 2. The highest BCUT2D eigenvalue weighted by Gasteiger charge is 2.19. The minimum Gasteiger partial charge on any atom is -0.481 e. The zero-order valence-electron chi connectivity index (χ0n) is 18.4. The number of aromatic nitrogens is 2. The summed E-state index contributed by atoms with van der Waals surface area (Å²) < 4.78 is 9.33. The standard InChI is InChI=1S/C22H23N3O10/c26-12-34-10-14(5-20(28)29)4-17-6-15(22(32)33)7-19(24-17)18-3-1-2-16(23-18)8-25(9-21(30)31)11-35-13-27/h1-3,6-7,12-14H,4-5,8-11H2,(H,28,29)(H,30,31)(H,32,33). The summed E-state index contributed by atoms with van der Waals surface area (Å²) in [5.74, 6) is -4.11. The molecule has 0 spiro atoms. The normalized spacial score (nSPS) is 11.5. The number of aromatic carboxylic acids is 1. The molecular formula is C22H23N3O10. The van der Waals surface area contributed by atoms with Crippen molar-refractivity contribution in [3.05, 3.63) is 47.3 Å². The van der Waals surface area contributed by atoms with Crippen molar-refractivity contribution < 1.29 is 48.8 Å². The number of hydrogen-bond acceptors (Lipinski definition) is 10. The molecule has 1 unspecified atom stereocenters. The molecule has 0 bridgehead atoms. The van der Waals surface area contributed by atoms with Gasteiger partial charge in [0.1, 0.15) is 6.73 Å². The lowest BCUT2D eigenvalue weighted by atomic mass is 9.98. The predicted molar refractivity (Wildman–Crippen MR) is 116 cm³/mol. The third-order valence-corrected chi connectivity index (χ3v) is 4.63. The van der Waals surface area contributed by atoms with Crippen LogP contribution < -0.4 is 0 Å². The Balaban J connectivity index is 2.36. The first kappa shape index (κ1) is 26.9. The van der Waals surface area contributed by atoms with E-state index in [2.05, 4.69) is 14.7 Å². The second-order valence-electron chi connectivity index (χ2n) is 7.42. The Bertz CT molecular complexity index is 1080. The molecule has 0 amide bonds. The largest absolute Gasteiger partial charge is 0.481 e. The molecule has 13 heteroatoms. The van der Waals surface area contributed by atoms with Gasteiger partial charge in [-0.2, -0.15) is 0 Å². The first-order valence-electron chi connectivity index (χ1n) is 10.2. The molecule has 2 heterocycles. The third kappa shape index (κ3) is 9.17. The number of pyridine rings is 2. The van der Waals surface area contributed by atoms with E-state index in [4.69, 9.17) is 14.9 Å². The third-order valence-electron chi connectivity index (χ3n) is 4.63. The highest BCUT2D eigenvalue weighted by Crippen LogP contribution is 2.21. The number of nitrogens with zero attached hydrogens (tertiary/aromatic N) is 3. The van der Waals surface area contributed by atoms with Crippen LogP contribution in [-0.2, 0) is 41.6 Å². The number of carbonyl (C=O) groups is 5. The second kappa shape index (κ2) is 13.3. The summed E-state index contributed by atoms with van der Waals surface area (Å²) in [7, 11) is 0. The van der Waals surface area contributed by atoms with Crippen LogP contribution in [0.4, 0.5) is 0 Å². The van der Waals surface area contributed by atoms with Crippen molar-refractivity contribution in [2.75, 3.05) is 19.9 Å². The zero-order chi connectivity index (χ0) is 25.8. The van der Waals surface area contributed by atoms with Gasteiger partial charge in [-0.05, 0) is 30.7 Å². The molecule has 0 saturated carbocycles. The summed E-state index contributed by atoms with van der Waals surface area (Å²) in [6.07, 6.45) is -0.290. The molecule has 0 fully saturated rings. The molecule has 0 aliphatic carbocycles. The number of ether oxygens (including phenoxy) is 2. The van der Waals surface area contributed by atoms with Gasteiger partial charge in [-0.25, -0.2) is 9.78 Å². The Labute approximate surface area is 198 Å². The maximum Gasteiger partial charge on any atom is 0.335 e. The van der Waals surface area contributed by atoms with E-state index in [0.29, 0.717) is 5.69 Å². The van der Waals surface area contributed by atoms with Crippen molar-refractivity contribution in [3.8, 4) is 11.4 Å². The topological polar surface area (TPSA) is 194 Å². The van der Waals surface area contributed by atoms with Gasteiger partial charge in [0.15, 0.2) is 0 Å². The van der Waals surface area contributed by atoms with Gasteiger partial charge in [-0.15, -0.1) is 0 Å². The quantitative estimate of drug-likeness (QED) is 0.220. The van der Waals surface area contributed by atoms with Gasteiger partial charge in [-0.3, -0.25) is 29.1 Å². The van der Waals surface area contributed by atoms with E-state index in [0.717, 1.165) is 0 Å². The van der Waals surface area contributed by atoms with Gasteiger partial charge < -0.3 is 24.8 Å². The summed E-state index contributed by atoms with van der Waals surface area (Å²) in [5.41, 5.74) is 1.05. The van der Waals surface area contributed by atoms with Gasteiger partial charge in [0, 0.05) is 18.2 Å². The van der Waals surface area contributed by atoms with Crippen LogP contribution >= 0.6 is 0 Å². The molecule has 0 radical (unpaired) electrons. The van der Waals surface area contributed by atoms with Crippen LogP contribution in [0.3, 0.4) is 0 Å². The lowest BCUT2D eigenvalue weighted by molar-refractivity contribution is -0.143. The van der Waals surface area contributed by atoms with Crippen molar-refractivity contribution in [1.82, 2.24) is 14.9 Å². The Morgan fingerprint density at radius 3 is 2.29 bits per heavy atom. The first-order valence-corrected chi connectivity index (χ1v) is 10.2. The van der Waals surface area contributed by atoms with Gasteiger partial charge in [0.25, 0.3) is 12.9 Å². The summed E-state index contributed by atoms with van der Waals surface area (Å²) in [4.78, 5) is 65.0. The molecule has 35 heavy (non-hydrogen) atoms. The van der Waals surface area contributed by atoms with E-state index in [1.54, 1.807) is 18.2 Å². The van der Waals surface area contributed by atoms with Gasteiger partial charge in [0.05, 0.1) is 42.2 Å². The minimum atomic E-state index is -1.23. The van der Waals surface area contributed by atoms with E-state index < -0.39 is 30.4 Å². The van der Waals surface area contributed by atoms with Crippen LogP contribution in [0.2, 0.25) is 0 Å². The summed E-state index contributed by atoms with van der Waals surface area (Å²) in [5, 5.41) is 27.7. The Kier molecular flexibility index (Phi) is 10.2. The van der Waals surface area contributed by atoms with E-state index in [1.165, 1.54) is 17.0 Å². The van der Waals surface area contributed by atoms with E-state index in [9.17, 15) is 29.1 Å². The Morgan fingerprint density at radius 2 is 1.66 bits per heavy atom. The maximum absolute atomic E-state index is 11.7. The van der Waals surface area contributed by atoms with Crippen LogP contribution in [0.25, 0.3) is 11.4 Å². The van der Waals surface area contributed by atoms with Gasteiger partial charge >= 0.3 is 17.9 Å². The monoisotopic (exact) mass is 489 g/mol. The summed E-state index contributed by atoms with van der Waals surface area (Å²) in [6.45, 7) is -0.454. The van der Waals surface area contributed by atoms with Crippen molar-refractivity contribution in [3.63, 3.8) is 0 Å². The average molecular weight is 489 g/mol. The molecule has 13 nitrogen and oxygen atoms in total. The number of carboxylic acids is 3. The van der Waals surface area contributed by atoms with Crippen molar-refractivity contribution >= 4 is 30.9 Å². The highest BCUT2D eigenvalue weighted by atomic mass is 16.5. The van der Waals surface area contributed by atoms with Crippen molar-refractivity contribution in [1.29, 1.82) is 0 Å². The number of carboxylic acid groups (broad SMARTS) is 3. The molecule has 2 aromatic rings. The molecule has 0 saturated heterocycles. The molecule has 0 aliphatic rings. The highest BCUT2D eigenvalue weighted by molar-refractivity contribution is 5.89. The summed E-state index contributed by atoms with van der Waals surface area (Å²) in [6, 6.07) is 7.42. The molecule has 1 atom stereocenters. The smallest absolute Gasteiger partial charge is 0.335 e. The lowest BCUT2D eigenvalue weighted by Crippen LogP contribution is -2.31. The molecule has 0 aromatic carbocycles. The van der Waals surface area contributed by atoms with Crippen LogP contribution in [-0.4, -0.2) is 80.9 Å². The fraction of sp³-hybridized carbons (Fsp3) is 0.318. The molecule has 2 aromatic heterocycles. The molecule has 186 valence electrons. The fourth-order valence-electron chi connectivity index (χ4n) is 3.27. The van der Waals surface area contributed by atoms with E-state index in [-0.39, 0.29) is 68.3 Å². The van der Waals surface area contributed by atoms with Crippen LogP contribution in [0.15, 0.2) is 30.3 Å². The Hall–Kier alpha value is -4.39. The van der Waals surface area contributed by atoms with Crippen molar-refractivity contribution in [2.45, 2.75) is 19.4 Å². The van der Waals surface area contributed by atoms with Gasteiger partial charge in [-0.1, -0.05) is 6.07 Å². The van der Waals surface area contributed by atoms with Crippen LogP contribution in [0.1, 0.15) is 28.2 Å².